The zero-order chi connectivity index (χ0) is 16.7. The molecular formula is C17H24N2O4. The van der Waals surface area contributed by atoms with Crippen LogP contribution >= 0.6 is 0 Å². The van der Waals surface area contributed by atoms with Crippen LogP contribution in [-0.2, 0) is 9.59 Å². The molecule has 0 saturated carbocycles. The smallest absolute Gasteiger partial charge is 0.231 e. The third-order valence-corrected chi connectivity index (χ3v) is 3.74. The number of carbonyl (C=O) groups is 2. The van der Waals surface area contributed by atoms with Gasteiger partial charge in [-0.1, -0.05) is 19.8 Å². The summed E-state index contributed by atoms with van der Waals surface area (Å²) in [5.41, 5.74) is 0.666. The molecule has 0 unspecified atom stereocenters. The minimum absolute atomic E-state index is 0.0111. The Morgan fingerprint density at radius 2 is 1.96 bits per heavy atom. The number of carbonyl (C=O) groups excluding carboxylic acids is 2. The molecule has 0 aliphatic carbocycles. The van der Waals surface area contributed by atoms with E-state index in [1.807, 2.05) is 0 Å². The normalized spacial score (nSPS) is 12.1. The van der Waals surface area contributed by atoms with Gasteiger partial charge >= 0.3 is 0 Å². The highest BCUT2D eigenvalue weighted by molar-refractivity contribution is 5.91. The first-order valence-electron chi connectivity index (χ1n) is 8.05. The number of anilines is 1. The molecule has 2 amide bonds. The van der Waals surface area contributed by atoms with Crippen molar-refractivity contribution in [3.63, 3.8) is 0 Å². The summed E-state index contributed by atoms with van der Waals surface area (Å²) in [6, 6.07) is 5.28. The SMILES string of the molecule is CCCCCN(CCC(=O)Nc1ccc2c(c1)OCO2)C(C)=O. The monoisotopic (exact) mass is 320 g/mol. The maximum absolute atomic E-state index is 12.0. The summed E-state index contributed by atoms with van der Waals surface area (Å²) in [5.74, 6) is 1.21. The molecule has 1 aliphatic heterocycles. The molecular weight excluding hydrogens is 296 g/mol. The van der Waals surface area contributed by atoms with Gasteiger partial charge in [0.25, 0.3) is 0 Å². The van der Waals surface area contributed by atoms with Crippen LogP contribution in [-0.4, -0.2) is 36.6 Å². The Morgan fingerprint density at radius 1 is 1.17 bits per heavy atom. The lowest BCUT2D eigenvalue weighted by atomic mass is 10.2. The predicted molar refractivity (Wildman–Crippen MR) is 87.6 cm³/mol. The molecule has 0 aromatic heterocycles. The Labute approximate surface area is 136 Å². The number of nitrogens with one attached hydrogen (secondary N) is 1. The van der Waals surface area contributed by atoms with Crippen LogP contribution in [0.15, 0.2) is 18.2 Å². The van der Waals surface area contributed by atoms with Crippen LogP contribution in [0.25, 0.3) is 0 Å². The average Bonchev–Trinajstić information content (AvgIpc) is 2.98. The molecule has 6 nitrogen and oxygen atoms in total. The van der Waals surface area contributed by atoms with Crippen LogP contribution in [0, 0.1) is 0 Å². The van der Waals surface area contributed by atoms with Gasteiger partial charge in [-0.2, -0.15) is 0 Å². The molecule has 0 bridgehead atoms. The third kappa shape index (κ3) is 5.16. The van der Waals surface area contributed by atoms with E-state index in [2.05, 4.69) is 12.2 Å². The summed E-state index contributed by atoms with van der Waals surface area (Å²) in [4.78, 5) is 25.4. The molecule has 1 aromatic rings. The van der Waals surface area contributed by atoms with E-state index in [0.29, 0.717) is 30.3 Å². The van der Waals surface area contributed by atoms with Crippen LogP contribution in [0.2, 0.25) is 0 Å². The molecule has 1 heterocycles. The van der Waals surface area contributed by atoms with Crippen LogP contribution in [0.4, 0.5) is 5.69 Å². The van der Waals surface area contributed by atoms with Gasteiger partial charge in [0.05, 0.1) is 0 Å². The van der Waals surface area contributed by atoms with Crippen LogP contribution in [0.3, 0.4) is 0 Å². The van der Waals surface area contributed by atoms with Gasteiger partial charge in [-0.05, 0) is 18.6 Å². The van der Waals surface area contributed by atoms with E-state index in [0.717, 1.165) is 19.3 Å². The number of benzene rings is 1. The van der Waals surface area contributed by atoms with Gasteiger partial charge in [0.15, 0.2) is 11.5 Å². The number of nitrogens with zero attached hydrogens (tertiary/aromatic N) is 1. The van der Waals surface area contributed by atoms with Gasteiger partial charge in [0, 0.05) is 38.2 Å². The van der Waals surface area contributed by atoms with Crippen molar-refractivity contribution < 1.29 is 19.1 Å². The lowest BCUT2D eigenvalue weighted by molar-refractivity contribution is -0.129. The second-order valence-corrected chi connectivity index (χ2v) is 5.58. The molecule has 6 heteroatoms. The lowest BCUT2D eigenvalue weighted by Gasteiger charge is -2.20. The van der Waals surface area contributed by atoms with Crippen molar-refractivity contribution in [2.75, 3.05) is 25.2 Å². The Morgan fingerprint density at radius 3 is 2.70 bits per heavy atom. The standard InChI is InChI=1S/C17H24N2O4/c1-3-4-5-9-19(13(2)20)10-8-17(21)18-14-6-7-15-16(11-14)23-12-22-15/h6-7,11H,3-5,8-10,12H2,1-2H3,(H,18,21). The fourth-order valence-corrected chi connectivity index (χ4v) is 2.41. The summed E-state index contributed by atoms with van der Waals surface area (Å²) in [7, 11) is 0. The van der Waals surface area contributed by atoms with Crippen molar-refractivity contribution in [1.29, 1.82) is 0 Å². The molecule has 126 valence electrons. The van der Waals surface area contributed by atoms with Gasteiger partial charge in [-0.25, -0.2) is 0 Å². The molecule has 0 atom stereocenters. The van der Waals surface area contributed by atoms with Gasteiger partial charge in [0.2, 0.25) is 18.6 Å². The lowest BCUT2D eigenvalue weighted by Crippen LogP contribution is -2.32. The van der Waals surface area contributed by atoms with Gasteiger partial charge in [0.1, 0.15) is 0 Å². The van der Waals surface area contributed by atoms with Crippen molar-refractivity contribution in [1.82, 2.24) is 4.90 Å². The first kappa shape index (κ1) is 17.1. The fraction of sp³-hybridized carbons (Fsp3) is 0.529. The summed E-state index contributed by atoms with van der Waals surface area (Å²) in [5, 5.41) is 2.82. The zero-order valence-corrected chi connectivity index (χ0v) is 13.8. The first-order valence-corrected chi connectivity index (χ1v) is 8.05. The number of rotatable bonds is 8. The fourth-order valence-electron chi connectivity index (χ4n) is 2.41. The van der Waals surface area contributed by atoms with Crippen LogP contribution in [0.5, 0.6) is 11.5 Å². The maximum atomic E-state index is 12.0. The zero-order valence-electron chi connectivity index (χ0n) is 13.8. The number of unbranched alkanes of at least 4 members (excludes halogenated alkanes) is 2. The van der Waals surface area contributed by atoms with Crippen molar-refractivity contribution in [3.8, 4) is 11.5 Å². The number of ether oxygens (including phenoxy) is 2. The molecule has 23 heavy (non-hydrogen) atoms. The van der Waals surface area contributed by atoms with E-state index in [9.17, 15) is 9.59 Å². The van der Waals surface area contributed by atoms with Crippen molar-refractivity contribution in [2.45, 2.75) is 39.5 Å². The van der Waals surface area contributed by atoms with E-state index in [-0.39, 0.29) is 25.0 Å². The van der Waals surface area contributed by atoms with E-state index in [4.69, 9.17) is 9.47 Å². The van der Waals surface area contributed by atoms with Crippen LogP contribution < -0.4 is 14.8 Å². The number of hydrogen-bond acceptors (Lipinski definition) is 4. The Hall–Kier alpha value is -2.24. The Bertz CT molecular complexity index is 560. The molecule has 0 fully saturated rings. The topological polar surface area (TPSA) is 67.9 Å². The summed E-state index contributed by atoms with van der Waals surface area (Å²) >= 11 is 0. The highest BCUT2D eigenvalue weighted by Gasteiger charge is 2.15. The molecule has 0 spiro atoms. The van der Waals surface area contributed by atoms with Crippen molar-refractivity contribution >= 4 is 17.5 Å². The summed E-state index contributed by atoms with van der Waals surface area (Å²) in [6.07, 6.45) is 3.45. The minimum atomic E-state index is -0.120. The van der Waals surface area contributed by atoms with Crippen molar-refractivity contribution in [2.24, 2.45) is 0 Å². The van der Waals surface area contributed by atoms with Gasteiger partial charge in [-0.3, -0.25) is 9.59 Å². The van der Waals surface area contributed by atoms with E-state index >= 15 is 0 Å². The molecule has 1 aromatic carbocycles. The van der Waals surface area contributed by atoms with E-state index < -0.39 is 0 Å². The number of fused-ring (bicyclic) bond motifs is 1. The molecule has 0 saturated heterocycles. The molecule has 2 rings (SSSR count). The minimum Gasteiger partial charge on any atom is -0.454 e. The van der Waals surface area contributed by atoms with E-state index in [1.54, 1.807) is 30.0 Å². The van der Waals surface area contributed by atoms with Gasteiger partial charge < -0.3 is 19.7 Å². The largest absolute Gasteiger partial charge is 0.454 e. The Kier molecular flexibility index (Phi) is 6.26. The average molecular weight is 320 g/mol. The second kappa shape index (κ2) is 8.41. The highest BCUT2D eigenvalue weighted by atomic mass is 16.7. The second-order valence-electron chi connectivity index (χ2n) is 5.58. The molecule has 0 radical (unpaired) electrons. The number of amides is 2. The quantitative estimate of drug-likeness (QED) is 0.748. The molecule has 1 aliphatic rings. The Balaban J connectivity index is 1.80. The van der Waals surface area contributed by atoms with Gasteiger partial charge in [-0.15, -0.1) is 0 Å². The maximum Gasteiger partial charge on any atom is 0.231 e. The third-order valence-electron chi connectivity index (χ3n) is 3.74. The van der Waals surface area contributed by atoms with Crippen LogP contribution in [0.1, 0.15) is 39.5 Å². The van der Waals surface area contributed by atoms with Crippen molar-refractivity contribution in [3.05, 3.63) is 18.2 Å². The number of hydrogen-bond donors (Lipinski definition) is 1. The highest BCUT2D eigenvalue weighted by Crippen LogP contribution is 2.34. The first-order chi connectivity index (χ1) is 11.1. The molecule has 1 N–H and O–H groups in total. The summed E-state index contributed by atoms with van der Waals surface area (Å²) < 4.78 is 10.5. The van der Waals surface area contributed by atoms with E-state index in [1.165, 1.54) is 0 Å². The predicted octanol–water partition coefficient (Wildman–Crippen LogP) is 2.78. The summed E-state index contributed by atoms with van der Waals surface area (Å²) in [6.45, 7) is 5.02.